The van der Waals surface area contributed by atoms with Gasteiger partial charge in [0, 0.05) is 5.56 Å². The molecular weight excluding hydrogens is 448 g/mol. The van der Waals surface area contributed by atoms with Gasteiger partial charge in [-0.05, 0) is 50.8 Å². The van der Waals surface area contributed by atoms with E-state index in [-0.39, 0.29) is 11.8 Å². The van der Waals surface area contributed by atoms with Gasteiger partial charge in [-0.3, -0.25) is 0 Å². The summed E-state index contributed by atoms with van der Waals surface area (Å²) in [7, 11) is -1.47. The molecule has 0 heterocycles. The molecule has 3 heteroatoms. The highest BCUT2D eigenvalue weighted by Crippen LogP contribution is 2.40. The zero-order chi connectivity index (χ0) is 25.3. The minimum Gasteiger partial charge on any atom is -0.384 e. The molecule has 0 radical (unpaired) electrons. The van der Waals surface area contributed by atoms with Crippen LogP contribution in [0.5, 0.6) is 0 Å². The molecule has 0 aromatic heterocycles. The topological polar surface area (TPSA) is 37.3 Å². The maximum absolute atomic E-state index is 14.7. The number of benzene rings is 4. The van der Waals surface area contributed by atoms with E-state index in [9.17, 15) is 9.32 Å². The van der Waals surface area contributed by atoms with E-state index in [1.165, 1.54) is 5.56 Å². The number of hydrogen-bond donors (Lipinski definition) is 1. The van der Waals surface area contributed by atoms with Crippen molar-refractivity contribution in [3.8, 4) is 0 Å². The van der Waals surface area contributed by atoms with Crippen LogP contribution in [0.25, 0.3) is 10.8 Å². The van der Waals surface area contributed by atoms with E-state index in [1.54, 1.807) is 0 Å². The van der Waals surface area contributed by atoms with Crippen molar-refractivity contribution in [1.29, 1.82) is 0 Å². The van der Waals surface area contributed by atoms with Crippen LogP contribution in [0.4, 0.5) is 0 Å². The second-order valence-corrected chi connectivity index (χ2v) is 11.6. The van der Waals surface area contributed by atoms with Gasteiger partial charge < -0.3 is 5.11 Å². The lowest BCUT2D eigenvalue weighted by Crippen LogP contribution is -2.12. The average Bonchev–Trinajstić information content (AvgIpc) is 2.86. The van der Waals surface area contributed by atoms with Crippen molar-refractivity contribution in [2.75, 3.05) is 0 Å². The average molecular weight is 485 g/mol. The Kier molecular flexibility index (Phi) is 7.59. The highest BCUT2D eigenvalue weighted by atomic mass is 32.2. The van der Waals surface area contributed by atoms with E-state index < -0.39 is 16.9 Å². The molecule has 4 aromatic rings. The Morgan fingerprint density at radius 2 is 1.17 bits per heavy atom. The van der Waals surface area contributed by atoms with Crippen LogP contribution in [-0.2, 0) is 10.8 Å². The van der Waals surface area contributed by atoms with E-state index >= 15 is 0 Å². The summed E-state index contributed by atoms with van der Waals surface area (Å²) >= 11 is 0. The highest BCUT2D eigenvalue weighted by Gasteiger charge is 2.27. The van der Waals surface area contributed by atoms with E-state index in [4.69, 9.17) is 0 Å². The molecule has 0 amide bonds. The maximum Gasteiger partial charge on any atom is 0.105 e. The first kappa shape index (κ1) is 25.3. The van der Waals surface area contributed by atoms with Crippen LogP contribution in [0.2, 0.25) is 0 Å². The Morgan fingerprint density at radius 3 is 1.74 bits per heavy atom. The van der Waals surface area contributed by atoms with Gasteiger partial charge in [0.1, 0.15) is 6.10 Å². The third-order valence-electron chi connectivity index (χ3n) is 6.77. The number of hydrogen-bond acceptors (Lipinski definition) is 2. The molecule has 0 fully saturated rings. The van der Waals surface area contributed by atoms with Crippen molar-refractivity contribution >= 4 is 21.6 Å². The molecule has 4 aromatic carbocycles. The SMILES string of the molecule is CC(C)c1cc(C(C)C)c(S(=O)c2c([C@@H](O)c3ccccc3)ccc3ccccc23)c(C(C)C)c1. The summed E-state index contributed by atoms with van der Waals surface area (Å²) in [6.45, 7) is 13.1. The van der Waals surface area contributed by atoms with Gasteiger partial charge in [0.25, 0.3) is 0 Å². The minimum atomic E-state index is -1.47. The zero-order valence-corrected chi connectivity index (χ0v) is 22.4. The number of fused-ring (bicyclic) bond motifs is 1. The fraction of sp³-hybridized carbons (Fsp3) is 0.312. The van der Waals surface area contributed by atoms with Crippen molar-refractivity contribution < 1.29 is 9.32 Å². The summed E-state index contributed by atoms with van der Waals surface area (Å²) in [5.74, 6) is 0.839. The first-order valence-electron chi connectivity index (χ1n) is 12.5. The lowest BCUT2D eigenvalue weighted by molar-refractivity contribution is 0.217. The van der Waals surface area contributed by atoms with Gasteiger partial charge >= 0.3 is 0 Å². The lowest BCUT2D eigenvalue weighted by atomic mass is 9.89. The largest absolute Gasteiger partial charge is 0.384 e. The second kappa shape index (κ2) is 10.5. The molecule has 0 spiro atoms. The quantitative estimate of drug-likeness (QED) is 0.286. The number of aliphatic hydroxyl groups is 1. The minimum absolute atomic E-state index is 0.225. The van der Waals surface area contributed by atoms with Crippen molar-refractivity contribution in [1.82, 2.24) is 0 Å². The van der Waals surface area contributed by atoms with Crippen molar-refractivity contribution in [2.45, 2.75) is 75.2 Å². The molecule has 0 saturated carbocycles. The van der Waals surface area contributed by atoms with E-state index in [1.807, 2.05) is 66.7 Å². The molecule has 1 N–H and O–H groups in total. The third-order valence-corrected chi connectivity index (χ3v) is 8.44. The Bertz CT molecular complexity index is 1320. The molecule has 35 heavy (non-hydrogen) atoms. The van der Waals surface area contributed by atoms with Crippen LogP contribution in [-0.4, -0.2) is 9.32 Å². The summed E-state index contributed by atoms with van der Waals surface area (Å²) < 4.78 is 14.7. The Hall–Kier alpha value is -2.75. The summed E-state index contributed by atoms with van der Waals surface area (Å²) in [5.41, 5.74) is 5.04. The molecule has 182 valence electrons. The lowest BCUT2D eigenvalue weighted by Gasteiger charge is -2.24. The van der Waals surface area contributed by atoms with E-state index in [0.29, 0.717) is 16.4 Å². The van der Waals surface area contributed by atoms with Gasteiger partial charge in [0.05, 0.1) is 20.6 Å². The van der Waals surface area contributed by atoms with Gasteiger partial charge in [-0.15, -0.1) is 0 Å². The maximum atomic E-state index is 14.7. The van der Waals surface area contributed by atoms with E-state index in [0.717, 1.165) is 32.4 Å². The summed E-state index contributed by atoms with van der Waals surface area (Å²) in [6.07, 6.45) is -0.861. The molecule has 0 bridgehead atoms. The van der Waals surface area contributed by atoms with Gasteiger partial charge in [-0.1, -0.05) is 120 Å². The Labute approximate surface area is 212 Å². The summed E-state index contributed by atoms with van der Waals surface area (Å²) in [5, 5.41) is 13.4. The van der Waals surface area contributed by atoms with Crippen LogP contribution >= 0.6 is 0 Å². The normalized spacial score (nSPS) is 13.7. The second-order valence-electron chi connectivity index (χ2n) is 10.3. The van der Waals surface area contributed by atoms with Crippen LogP contribution in [0, 0.1) is 0 Å². The Morgan fingerprint density at radius 1 is 0.600 bits per heavy atom. The highest BCUT2D eigenvalue weighted by molar-refractivity contribution is 7.85. The molecule has 2 atom stereocenters. The molecule has 1 unspecified atom stereocenters. The third kappa shape index (κ3) is 4.98. The van der Waals surface area contributed by atoms with Crippen molar-refractivity contribution in [2.24, 2.45) is 0 Å². The first-order valence-corrected chi connectivity index (χ1v) is 13.7. The molecule has 0 aliphatic heterocycles. The molecule has 0 saturated heterocycles. The number of rotatable bonds is 7. The Balaban J connectivity index is 2.04. The van der Waals surface area contributed by atoms with Gasteiger partial charge in [0.15, 0.2) is 0 Å². The predicted molar refractivity (Wildman–Crippen MR) is 148 cm³/mol. The van der Waals surface area contributed by atoms with Crippen LogP contribution < -0.4 is 0 Å². The summed E-state index contributed by atoms with van der Waals surface area (Å²) in [6, 6.07) is 26.1. The number of aliphatic hydroxyl groups excluding tert-OH is 1. The van der Waals surface area contributed by atoms with Gasteiger partial charge in [-0.2, -0.15) is 0 Å². The molecule has 2 nitrogen and oxygen atoms in total. The zero-order valence-electron chi connectivity index (χ0n) is 21.6. The predicted octanol–water partition coefficient (Wildman–Crippen LogP) is 8.46. The molecule has 4 rings (SSSR count). The fourth-order valence-electron chi connectivity index (χ4n) is 4.70. The van der Waals surface area contributed by atoms with Gasteiger partial charge in [-0.25, -0.2) is 4.21 Å². The monoisotopic (exact) mass is 484 g/mol. The van der Waals surface area contributed by atoms with E-state index in [2.05, 4.69) is 53.7 Å². The van der Waals surface area contributed by atoms with Crippen LogP contribution in [0.15, 0.2) is 88.7 Å². The molecular formula is C32H36O2S. The molecule has 0 aliphatic rings. The first-order chi connectivity index (χ1) is 16.7. The fourth-order valence-corrected chi connectivity index (χ4v) is 6.70. The van der Waals surface area contributed by atoms with Crippen LogP contribution in [0.3, 0.4) is 0 Å². The standard InChI is InChI=1S/C32H36O2S/c1-20(2)25-18-28(21(3)4)32(29(19-25)22(5)6)35(34)31-26-15-11-10-12-23(26)16-17-27(31)30(33)24-13-8-7-9-14-24/h7-22,30,33H,1-6H3/t30-,35?/m0/s1. The van der Waals surface area contributed by atoms with Crippen molar-refractivity contribution in [3.05, 3.63) is 107 Å². The smallest absolute Gasteiger partial charge is 0.105 e. The van der Waals surface area contributed by atoms with Crippen molar-refractivity contribution in [3.63, 3.8) is 0 Å². The van der Waals surface area contributed by atoms with Gasteiger partial charge in [0.2, 0.25) is 0 Å². The summed E-state index contributed by atoms with van der Waals surface area (Å²) in [4.78, 5) is 1.61. The van der Waals surface area contributed by atoms with Crippen LogP contribution in [0.1, 0.15) is 93.2 Å². The molecule has 0 aliphatic carbocycles.